The predicted octanol–water partition coefficient (Wildman–Crippen LogP) is 3.72. The van der Waals surface area contributed by atoms with Crippen LogP contribution in [0.3, 0.4) is 0 Å². The Morgan fingerprint density at radius 3 is 2.26 bits per heavy atom. The molecule has 2 nitrogen and oxygen atoms in total. The fourth-order valence-corrected chi connectivity index (χ4v) is 2.84. The third-order valence-electron chi connectivity index (χ3n) is 4.23. The van der Waals surface area contributed by atoms with Gasteiger partial charge in [0.25, 0.3) is 0 Å². The molecule has 1 aliphatic heterocycles. The Morgan fingerprint density at radius 2 is 1.79 bits per heavy atom. The Balaban J connectivity index is 2.01. The minimum absolute atomic E-state index is 0.0821. The van der Waals surface area contributed by atoms with Crippen LogP contribution in [0.25, 0.3) is 0 Å². The standard InChI is InChI=1S/C17H25NO/c1-4-18-11-9-15(10-12-18)14-5-7-16(8-6-14)17(19)13(2)3/h5-8,13,15H,4,9-12H2,1-3H3. The number of Topliss-reactive ketones (excluding diaryl/α,β-unsaturated/α-hetero) is 1. The van der Waals surface area contributed by atoms with Crippen LogP contribution in [-0.2, 0) is 0 Å². The first kappa shape index (κ1) is 14.3. The maximum Gasteiger partial charge on any atom is 0.165 e. The minimum Gasteiger partial charge on any atom is -0.304 e. The molecular weight excluding hydrogens is 234 g/mol. The van der Waals surface area contributed by atoms with Crippen molar-refractivity contribution >= 4 is 5.78 Å². The van der Waals surface area contributed by atoms with E-state index in [0.717, 1.165) is 12.1 Å². The van der Waals surface area contributed by atoms with Gasteiger partial charge in [-0.05, 0) is 44.0 Å². The number of ketones is 1. The molecule has 0 spiro atoms. The summed E-state index contributed by atoms with van der Waals surface area (Å²) in [5.41, 5.74) is 2.25. The molecule has 1 fully saturated rings. The van der Waals surface area contributed by atoms with Crippen molar-refractivity contribution in [3.63, 3.8) is 0 Å². The summed E-state index contributed by atoms with van der Waals surface area (Å²) in [6, 6.07) is 8.32. The first-order chi connectivity index (χ1) is 9.11. The molecule has 1 aromatic rings. The molecule has 1 aromatic carbocycles. The number of likely N-dealkylation sites (tertiary alicyclic amines) is 1. The molecule has 2 heteroatoms. The van der Waals surface area contributed by atoms with E-state index in [2.05, 4.69) is 24.0 Å². The molecule has 1 heterocycles. The summed E-state index contributed by atoms with van der Waals surface area (Å²) in [4.78, 5) is 14.4. The van der Waals surface area contributed by atoms with Crippen LogP contribution in [0.1, 0.15) is 55.5 Å². The smallest absolute Gasteiger partial charge is 0.165 e. The zero-order chi connectivity index (χ0) is 13.8. The second kappa shape index (κ2) is 6.33. The minimum atomic E-state index is 0.0821. The van der Waals surface area contributed by atoms with E-state index < -0.39 is 0 Å². The molecule has 0 radical (unpaired) electrons. The Kier molecular flexibility index (Phi) is 4.76. The molecule has 1 aliphatic rings. The second-order valence-corrected chi connectivity index (χ2v) is 5.85. The molecule has 0 saturated carbocycles. The largest absolute Gasteiger partial charge is 0.304 e. The predicted molar refractivity (Wildman–Crippen MR) is 79.7 cm³/mol. The van der Waals surface area contributed by atoms with Gasteiger partial charge in [0.1, 0.15) is 0 Å². The van der Waals surface area contributed by atoms with Crippen LogP contribution in [0.15, 0.2) is 24.3 Å². The van der Waals surface area contributed by atoms with Gasteiger partial charge >= 0.3 is 0 Å². The third kappa shape index (κ3) is 3.44. The van der Waals surface area contributed by atoms with Gasteiger partial charge in [-0.2, -0.15) is 0 Å². The molecule has 0 atom stereocenters. The summed E-state index contributed by atoms with van der Waals surface area (Å²) in [7, 11) is 0. The molecule has 0 unspecified atom stereocenters. The molecule has 0 amide bonds. The van der Waals surface area contributed by atoms with E-state index in [0.29, 0.717) is 5.92 Å². The molecule has 0 N–H and O–H groups in total. The lowest BCUT2D eigenvalue weighted by atomic mass is 9.88. The van der Waals surface area contributed by atoms with E-state index in [1.54, 1.807) is 0 Å². The number of rotatable bonds is 4. The number of benzene rings is 1. The summed E-state index contributed by atoms with van der Waals surface area (Å²) in [5.74, 6) is 0.997. The van der Waals surface area contributed by atoms with Gasteiger partial charge in [0, 0.05) is 11.5 Å². The SMILES string of the molecule is CCN1CCC(c2ccc(C(=O)C(C)C)cc2)CC1. The van der Waals surface area contributed by atoms with E-state index in [4.69, 9.17) is 0 Å². The summed E-state index contributed by atoms with van der Waals surface area (Å²) in [5, 5.41) is 0. The average molecular weight is 259 g/mol. The molecule has 2 rings (SSSR count). The summed E-state index contributed by atoms with van der Waals surface area (Å²) in [6.45, 7) is 9.70. The molecule has 0 aromatic heterocycles. The zero-order valence-corrected chi connectivity index (χ0v) is 12.4. The summed E-state index contributed by atoms with van der Waals surface area (Å²) in [6.07, 6.45) is 2.48. The van der Waals surface area contributed by atoms with E-state index in [9.17, 15) is 4.79 Å². The van der Waals surface area contributed by atoms with Crippen LogP contribution < -0.4 is 0 Å². The Bertz CT molecular complexity index is 413. The molecule has 0 aliphatic carbocycles. The normalized spacial score (nSPS) is 17.9. The molecular formula is C17H25NO. The highest BCUT2D eigenvalue weighted by molar-refractivity contribution is 5.97. The number of nitrogens with zero attached hydrogens (tertiary/aromatic N) is 1. The van der Waals surface area contributed by atoms with Gasteiger partial charge in [-0.15, -0.1) is 0 Å². The van der Waals surface area contributed by atoms with Crippen LogP contribution in [-0.4, -0.2) is 30.3 Å². The van der Waals surface area contributed by atoms with E-state index in [-0.39, 0.29) is 11.7 Å². The number of carbonyl (C=O) groups excluding carboxylic acids is 1. The van der Waals surface area contributed by atoms with Gasteiger partial charge in [0.15, 0.2) is 5.78 Å². The van der Waals surface area contributed by atoms with Gasteiger partial charge in [0.2, 0.25) is 0 Å². The lowest BCUT2D eigenvalue weighted by Crippen LogP contribution is -2.32. The quantitative estimate of drug-likeness (QED) is 0.768. The highest BCUT2D eigenvalue weighted by Crippen LogP contribution is 2.28. The highest BCUT2D eigenvalue weighted by Gasteiger charge is 2.19. The van der Waals surface area contributed by atoms with Crippen molar-refractivity contribution in [3.8, 4) is 0 Å². The van der Waals surface area contributed by atoms with Crippen molar-refractivity contribution < 1.29 is 4.79 Å². The number of carbonyl (C=O) groups is 1. The number of piperidine rings is 1. The number of hydrogen-bond donors (Lipinski definition) is 0. The first-order valence-corrected chi connectivity index (χ1v) is 7.48. The topological polar surface area (TPSA) is 20.3 Å². The monoisotopic (exact) mass is 259 g/mol. The second-order valence-electron chi connectivity index (χ2n) is 5.85. The van der Waals surface area contributed by atoms with Crippen LogP contribution >= 0.6 is 0 Å². The van der Waals surface area contributed by atoms with Crippen LogP contribution in [0.4, 0.5) is 0 Å². The molecule has 0 bridgehead atoms. The van der Waals surface area contributed by atoms with E-state index in [1.165, 1.54) is 31.5 Å². The molecule has 104 valence electrons. The molecule has 19 heavy (non-hydrogen) atoms. The fraction of sp³-hybridized carbons (Fsp3) is 0.588. The van der Waals surface area contributed by atoms with Gasteiger partial charge in [0.05, 0.1) is 0 Å². The van der Waals surface area contributed by atoms with Crippen LogP contribution in [0.2, 0.25) is 0 Å². The van der Waals surface area contributed by atoms with E-state index in [1.807, 2.05) is 26.0 Å². The number of hydrogen-bond acceptors (Lipinski definition) is 2. The van der Waals surface area contributed by atoms with Gasteiger partial charge in [-0.25, -0.2) is 0 Å². The third-order valence-corrected chi connectivity index (χ3v) is 4.23. The highest BCUT2D eigenvalue weighted by atomic mass is 16.1. The Morgan fingerprint density at radius 1 is 1.21 bits per heavy atom. The summed E-state index contributed by atoms with van der Waals surface area (Å²) >= 11 is 0. The van der Waals surface area contributed by atoms with Crippen molar-refractivity contribution in [1.29, 1.82) is 0 Å². The lowest BCUT2D eigenvalue weighted by Gasteiger charge is -2.31. The maximum absolute atomic E-state index is 11.9. The van der Waals surface area contributed by atoms with Crippen molar-refractivity contribution in [2.24, 2.45) is 5.92 Å². The van der Waals surface area contributed by atoms with Crippen LogP contribution in [0.5, 0.6) is 0 Å². The molecule has 1 saturated heterocycles. The van der Waals surface area contributed by atoms with Crippen molar-refractivity contribution in [2.45, 2.75) is 39.5 Å². The van der Waals surface area contributed by atoms with Gasteiger partial charge in [-0.3, -0.25) is 4.79 Å². The maximum atomic E-state index is 11.9. The Labute approximate surface area is 116 Å². The average Bonchev–Trinajstić information content (AvgIpc) is 2.46. The van der Waals surface area contributed by atoms with Crippen LogP contribution in [0, 0.1) is 5.92 Å². The first-order valence-electron chi connectivity index (χ1n) is 7.48. The van der Waals surface area contributed by atoms with Crippen molar-refractivity contribution in [1.82, 2.24) is 4.90 Å². The van der Waals surface area contributed by atoms with E-state index >= 15 is 0 Å². The van der Waals surface area contributed by atoms with Crippen molar-refractivity contribution in [2.75, 3.05) is 19.6 Å². The van der Waals surface area contributed by atoms with Gasteiger partial charge < -0.3 is 4.90 Å². The summed E-state index contributed by atoms with van der Waals surface area (Å²) < 4.78 is 0. The fourth-order valence-electron chi connectivity index (χ4n) is 2.84. The van der Waals surface area contributed by atoms with Crippen molar-refractivity contribution in [3.05, 3.63) is 35.4 Å². The zero-order valence-electron chi connectivity index (χ0n) is 12.4. The van der Waals surface area contributed by atoms with Gasteiger partial charge in [-0.1, -0.05) is 45.0 Å². The Hall–Kier alpha value is -1.15. The lowest BCUT2D eigenvalue weighted by molar-refractivity contribution is 0.0939.